The van der Waals surface area contributed by atoms with Crippen molar-refractivity contribution in [3.8, 4) is 17.6 Å². The lowest BCUT2D eigenvalue weighted by atomic mass is 10.2. The van der Waals surface area contributed by atoms with Crippen molar-refractivity contribution in [1.82, 2.24) is 0 Å². The Labute approximate surface area is 176 Å². The number of halogens is 3. The van der Waals surface area contributed by atoms with Crippen molar-refractivity contribution in [2.24, 2.45) is 0 Å². The van der Waals surface area contributed by atoms with Gasteiger partial charge in [-0.05, 0) is 48.9 Å². The van der Waals surface area contributed by atoms with Crippen LogP contribution in [0.2, 0.25) is 0 Å². The highest BCUT2D eigenvalue weighted by Gasteiger charge is 2.29. The van der Waals surface area contributed by atoms with Gasteiger partial charge in [0.15, 0.2) is 13.2 Å². The van der Waals surface area contributed by atoms with Gasteiger partial charge in [-0.3, -0.25) is 9.59 Å². The van der Waals surface area contributed by atoms with Crippen molar-refractivity contribution in [2.75, 3.05) is 30.0 Å². The van der Waals surface area contributed by atoms with E-state index < -0.39 is 18.7 Å². The van der Waals surface area contributed by atoms with Crippen LogP contribution in [0.5, 0.6) is 11.5 Å². The number of carbonyl (C=O) groups excluding carboxylic acids is 2. The maximum absolute atomic E-state index is 12.3. The van der Waals surface area contributed by atoms with Crippen LogP contribution in [0, 0.1) is 11.3 Å². The van der Waals surface area contributed by atoms with Gasteiger partial charge < -0.3 is 19.7 Å². The molecular weight excluding hydrogens is 415 g/mol. The Hall–Kier alpha value is -3.74. The summed E-state index contributed by atoms with van der Waals surface area (Å²) in [5.41, 5.74) is 0.832. The summed E-state index contributed by atoms with van der Waals surface area (Å²) in [6.45, 7) is -1.17. The summed E-state index contributed by atoms with van der Waals surface area (Å²) >= 11 is 0. The second-order valence-corrected chi connectivity index (χ2v) is 6.71. The molecular formula is C21H18F3N3O4. The second-order valence-electron chi connectivity index (χ2n) is 6.71. The van der Waals surface area contributed by atoms with Crippen molar-refractivity contribution in [3.63, 3.8) is 0 Å². The van der Waals surface area contributed by atoms with Crippen LogP contribution in [0.1, 0.15) is 18.4 Å². The fourth-order valence-corrected chi connectivity index (χ4v) is 2.97. The van der Waals surface area contributed by atoms with Crippen LogP contribution in [0.15, 0.2) is 42.5 Å². The van der Waals surface area contributed by atoms with Gasteiger partial charge >= 0.3 is 6.18 Å². The summed E-state index contributed by atoms with van der Waals surface area (Å²) in [5, 5.41) is 11.6. The fourth-order valence-electron chi connectivity index (χ4n) is 2.97. The van der Waals surface area contributed by atoms with Crippen LogP contribution < -0.4 is 19.7 Å². The molecule has 2 amide bonds. The minimum Gasteiger partial charge on any atom is -0.484 e. The van der Waals surface area contributed by atoms with E-state index in [1.54, 1.807) is 35.2 Å². The van der Waals surface area contributed by atoms with Crippen molar-refractivity contribution in [2.45, 2.75) is 19.0 Å². The van der Waals surface area contributed by atoms with Gasteiger partial charge in [0.2, 0.25) is 5.91 Å². The zero-order valence-electron chi connectivity index (χ0n) is 16.2. The molecule has 1 N–H and O–H groups in total. The average molecular weight is 433 g/mol. The fraction of sp³-hybridized carbons (Fsp3) is 0.286. The molecule has 1 saturated heterocycles. The summed E-state index contributed by atoms with van der Waals surface area (Å²) in [4.78, 5) is 25.5. The molecule has 2 aromatic carbocycles. The highest BCUT2D eigenvalue weighted by Crippen LogP contribution is 2.26. The summed E-state index contributed by atoms with van der Waals surface area (Å²) in [6, 6.07) is 12.2. The first-order valence-corrected chi connectivity index (χ1v) is 9.32. The lowest BCUT2D eigenvalue weighted by molar-refractivity contribution is -0.153. The number of nitrogens with one attached hydrogen (secondary N) is 1. The summed E-state index contributed by atoms with van der Waals surface area (Å²) < 4.78 is 46.8. The highest BCUT2D eigenvalue weighted by atomic mass is 19.4. The summed E-state index contributed by atoms with van der Waals surface area (Å²) in [7, 11) is 0. The first-order valence-electron chi connectivity index (χ1n) is 9.32. The van der Waals surface area contributed by atoms with Gasteiger partial charge in [-0.25, -0.2) is 0 Å². The Bertz CT molecular complexity index is 1000. The molecule has 1 aliphatic heterocycles. The summed E-state index contributed by atoms with van der Waals surface area (Å²) in [5.74, 6) is -0.254. The number of hydrogen-bond donors (Lipinski definition) is 1. The molecule has 0 atom stereocenters. The van der Waals surface area contributed by atoms with E-state index in [4.69, 9.17) is 10.00 Å². The molecule has 1 aliphatic rings. The average Bonchev–Trinajstić information content (AvgIpc) is 3.17. The van der Waals surface area contributed by atoms with E-state index in [9.17, 15) is 22.8 Å². The SMILES string of the molecule is N#Cc1cc(NC(=O)COc2ccc(N3CCCC3=O)cc2)ccc1OCC(F)(F)F. The maximum atomic E-state index is 12.3. The number of amides is 2. The zero-order valence-corrected chi connectivity index (χ0v) is 16.2. The van der Waals surface area contributed by atoms with Crippen LogP contribution in [0.4, 0.5) is 24.5 Å². The van der Waals surface area contributed by atoms with E-state index in [2.05, 4.69) is 10.1 Å². The molecule has 0 radical (unpaired) electrons. The van der Waals surface area contributed by atoms with Crippen LogP contribution in [-0.2, 0) is 9.59 Å². The Morgan fingerprint density at radius 1 is 1.16 bits per heavy atom. The maximum Gasteiger partial charge on any atom is 0.422 e. The van der Waals surface area contributed by atoms with E-state index >= 15 is 0 Å². The number of ether oxygens (including phenoxy) is 2. The van der Waals surface area contributed by atoms with Crippen molar-refractivity contribution < 1.29 is 32.2 Å². The predicted octanol–water partition coefficient (Wildman–Crippen LogP) is 3.64. The first-order chi connectivity index (χ1) is 14.7. The minimum atomic E-state index is -4.53. The minimum absolute atomic E-state index is 0.0691. The van der Waals surface area contributed by atoms with Gasteiger partial charge in [0.1, 0.15) is 17.6 Å². The third-order valence-electron chi connectivity index (χ3n) is 4.37. The molecule has 0 spiro atoms. The van der Waals surface area contributed by atoms with Gasteiger partial charge in [0.05, 0.1) is 5.56 Å². The lowest BCUT2D eigenvalue weighted by Crippen LogP contribution is -2.23. The largest absolute Gasteiger partial charge is 0.484 e. The number of carbonyl (C=O) groups is 2. The van der Waals surface area contributed by atoms with Gasteiger partial charge in [-0.2, -0.15) is 18.4 Å². The van der Waals surface area contributed by atoms with Crippen molar-refractivity contribution in [3.05, 3.63) is 48.0 Å². The van der Waals surface area contributed by atoms with Crippen LogP contribution in [-0.4, -0.2) is 37.7 Å². The number of anilines is 2. The van der Waals surface area contributed by atoms with Gasteiger partial charge in [0.25, 0.3) is 5.91 Å². The van der Waals surface area contributed by atoms with Crippen LogP contribution >= 0.6 is 0 Å². The number of nitrogens with zero attached hydrogens (tertiary/aromatic N) is 2. The van der Waals surface area contributed by atoms with E-state index in [-0.39, 0.29) is 29.5 Å². The molecule has 0 saturated carbocycles. The molecule has 31 heavy (non-hydrogen) atoms. The third-order valence-corrected chi connectivity index (χ3v) is 4.37. The van der Waals surface area contributed by atoms with E-state index in [1.165, 1.54) is 18.2 Å². The van der Waals surface area contributed by atoms with Crippen LogP contribution in [0.3, 0.4) is 0 Å². The molecule has 10 heteroatoms. The molecule has 3 rings (SSSR count). The molecule has 1 heterocycles. The normalized spacial score (nSPS) is 13.6. The topological polar surface area (TPSA) is 91.7 Å². The van der Waals surface area contributed by atoms with E-state index in [0.29, 0.717) is 18.7 Å². The molecule has 0 unspecified atom stereocenters. The van der Waals surface area contributed by atoms with Gasteiger partial charge in [-0.1, -0.05) is 0 Å². The Morgan fingerprint density at radius 2 is 1.90 bits per heavy atom. The molecule has 162 valence electrons. The molecule has 0 aromatic heterocycles. The third kappa shape index (κ3) is 6.12. The Kier molecular flexibility index (Phi) is 6.65. The molecule has 0 aliphatic carbocycles. The number of alkyl halides is 3. The lowest BCUT2D eigenvalue weighted by Gasteiger charge is -2.16. The monoisotopic (exact) mass is 433 g/mol. The van der Waals surface area contributed by atoms with E-state index in [1.807, 2.05) is 0 Å². The van der Waals surface area contributed by atoms with E-state index in [0.717, 1.165) is 12.1 Å². The first kappa shape index (κ1) is 22.0. The number of hydrogen-bond acceptors (Lipinski definition) is 5. The number of nitriles is 1. The Balaban J connectivity index is 1.53. The highest BCUT2D eigenvalue weighted by molar-refractivity contribution is 5.95. The predicted molar refractivity (Wildman–Crippen MR) is 105 cm³/mol. The molecule has 0 bridgehead atoms. The van der Waals surface area contributed by atoms with Crippen LogP contribution in [0.25, 0.3) is 0 Å². The standard InChI is InChI=1S/C21H18F3N3O4/c22-21(23,24)13-31-18-8-3-15(10-14(18)11-25)26-19(28)12-30-17-6-4-16(5-7-17)27-9-1-2-20(27)29/h3-8,10H,1-2,9,12-13H2,(H,26,28). The van der Waals surface area contributed by atoms with Gasteiger partial charge in [0, 0.05) is 24.3 Å². The van der Waals surface area contributed by atoms with Crippen molar-refractivity contribution in [1.29, 1.82) is 5.26 Å². The molecule has 2 aromatic rings. The zero-order chi connectivity index (χ0) is 22.4. The molecule has 7 nitrogen and oxygen atoms in total. The quantitative estimate of drug-likeness (QED) is 0.720. The number of rotatable bonds is 7. The summed E-state index contributed by atoms with van der Waals surface area (Å²) in [6.07, 6.45) is -3.18. The smallest absolute Gasteiger partial charge is 0.422 e. The Morgan fingerprint density at radius 3 is 2.52 bits per heavy atom. The second kappa shape index (κ2) is 9.38. The van der Waals surface area contributed by atoms with Crippen molar-refractivity contribution >= 4 is 23.2 Å². The van der Waals surface area contributed by atoms with Gasteiger partial charge in [-0.15, -0.1) is 0 Å². The molecule has 1 fully saturated rings. The number of benzene rings is 2.